The van der Waals surface area contributed by atoms with Crippen molar-refractivity contribution in [2.24, 2.45) is 0 Å². The van der Waals surface area contributed by atoms with E-state index in [1.165, 1.54) is 25.7 Å². The van der Waals surface area contributed by atoms with Gasteiger partial charge >= 0.3 is 0 Å². The van der Waals surface area contributed by atoms with Gasteiger partial charge in [-0.3, -0.25) is 9.48 Å². The SMILES string of the molecule is CCCCN(C)C(=O)c1cc(-c2ccnn2C2CCCC2)n2ccccc12. The fourth-order valence-electron chi connectivity index (χ4n) is 4.18. The molecule has 0 bridgehead atoms. The number of carbonyl (C=O) groups is 1. The zero-order valence-electron chi connectivity index (χ0n) is 16.3. The second kappa shape index (κ2) is 7.59. The Morgan fingerprint density at radius 1 is 1.22 bits per heavy atom. The number of unbranched alkanes of at least 4 members (excludes halogenated alkanes) is 1. The Balaban J connectivity index is 1.77. The zero-order chi connectivity index (χ0) is 18.8. The van der Waals surface area contributed by atoms with Crippen molar-refractivity contribution in [3.8, 4) is 11.4 Å². The molecule has 5 heteroatoms. The fraction of sp³-hybridized carbons (Fsp3) is 0.455. The zero-order valence-corrected chi connectivity index (χ0v) is 16.3. The predicted octanol–water partition coefficient (Wildman–Crippen LogP) is 4.79. The van der Waals surface area contributed by atoms with Crippen molar-refractivity contribution in [3.05, 3.63) is 48.3 Å². The average Bonchev–Trinajstić information content (AvgIpc) is 3.43. The third-order valence-corrected chi connectivity index (χ3v) is 5.70. The van der Waals surface area contributed by atoms with Gasteiger partial charge in [0, 0.05) is 26.0 Å². The summed E-state index contributed by atoms with van der Waals surface area (Å²) in [6.07, 6.45) is 10.9. The number of amides is 1. The first kappa shape index (κ1) is 17.8. The van der Waals surface area contributed by atoms with Crippen LogP contribution in [-0.2, 0) is 0 Å². The van der Waals surface area contributed by atoms with Crippen LogP contribution in [0.1, 0.15) is 61.8 Å². The average molecular weight is 364 g/mol. The van der Waals surface area contributed by atoms with Gasteiger partial charge in [0.05, 0.1) is 28.5 Å². The Morgan fingerprint density at radius 3 is 2.81 bits per heavy atom. The molecular formula is C22H28N4O. The summed E-state index contributed by atoms with van der Waals surface area (Å²) in [6.45, 7) is 2.93. The van der Waals surface area contributed by atoms with E-state index < -0.39 is 0 Å². The smallest absolute Gasteiger partial charge is 0.255 e. The van der Waals surface area contributed by atoms with E-state index in [1.54, 1.807) is 0 Å². The molecule has 0 aromatic carbocycles. The Bertz CT molecular complexity index is 933. The highest BCUT2D eigenvalue weighted by Gasteiger charge is 2.24. The number of nitrogens with zero attached hydrogens (tertiary/aromatic N) is 4. The summed E-state index contributed by atoms with van der Waals surface area (Å²) in [7, 11) is 1.90. The summed E-state index contributed by atoms with van der Waals surface area (Å²) in [4.78, 5) is 14.9. The molecule has 0 spiro atoms. The molecule has 1 fully saturated rings. The molecule has 0 N–H and O–H groups in total. The van der Waals surface area contributed by atoms with Gasteiger partial charge < -0.3 is 9.30 Å². The van der Waals surface area contributed by atoms with Crippen molar-refractivity contribution in [2.45, 2.75) is 51.5 Å². The van der Waals surface area contributed by atoms with Gasteiger partial charge in [-0.2, -0.15) is 5.10 Å². The second-order valence-corrected chi connectivity index (χ2v) is 7.58. The van der Waals surface area contributed by atoms with Crippen LogP contribution in [0.5, 0.6) is 0 Å². The maximum Gasteiger partial charge on any atom is 0.255 e. The minimum Gasteiger partial charge on any atom is -0.342 e. The third kappa shape index (κ3) is 3.27. The van der Waals surface area contributed by atoms with Crippen molar-refractivity contribution in [2.75, 3.05) is 13.6 Å². The van der Waals surface area contributed by atoms with Crippen LogP contribution in [0.4, 0.5) is 0 Å². The topological polar surface area (TPSA) is 42.5 Å². The molecule has 1 amide bonds. The van der Waals surface area contributed by atoms with Gasteiger partial charge in [-0.05, 0) is 43.5 Å². The van der Waals surface area contributed by atoms with Crippen molar-refractivity contribution in [1.29, 1.82) is 0 Å². The number of hydrogen-bond donors (Lipinski definition) is 0. The highest BCUT2D eigenvalue weighted by atomic mass is 16.2. The van der Waals surface area contributed by atoms with E-state index >= 15 is 0 Å². The van der Waals surface area contributed by atoms with E-state index in [0.29, 0.717) is 6.04 Å². The van der Waals surface area contributed by atoms with E-state index in [9.17, 15) is 4.79 Å². The molecule has 142 valence electrons. The van der Waals surface area contributed by atoms with Crippen LogP contribution in [0.2, 0.25) is 0 Å². The quantitative estimate of drug-likeness (QED) is 0.631. The lowest BCUT2D eigenvalue weighted by Crippen LogP contribution is -2.27. The predicted molar refractivity (Wildman–Crippen MR) is 108 cm³/mol. The Kier molecular flexibility index (Phi) is 5.01. The van der Waals surface area contributed by atoms with Crippen molar-refractivity contribution in [3.63, 3.8) is 0 Å². The van der Waals surface area contributed by atoms with E-state index in [1.807, 2.05) is 48.6 Å². The minimum absolute atomic E-state index is 0.0883. The number of pyridine rings is 1. The van der Waals surface area contributed by atoms with Crippen molar-refractivity contribution >= 4 is 11.4 Å². The van der Waals surface area contributed by atoms with Gasteiger partial charge in [0.2, 0.25) is 0 Å². The normalized spacial score (nSPS) is 14.9. The molecule has 1 aliphatic rings. The molecule has 0 aliphatic heterocycles. The maximum atomic E-state index is 13.1. The van der Waals surface area contributed by atoms with Crippen LogP contribution < -0.4 is 0 Å². The first-order valence-corrected chi connectivity index (χ1v) is 10.1. The van der Waals surface area contributed by atoms with Crippen LogP contribution >= 0.6 is 0 Å². The molecule has 0 saturated heterocycles. The summed E-state index contributed by atoms with van der Waals surface area (Å²) in [5.74, 6) is 0.0883. The summed E-state index contributed by atoms with van der Waals surface area (Å²) < 4.78 is 4.29. The molecule has 27 heavy (non-hydrogen) atoms. The van der Waals surface area contributed by atoms with Gasteiger partial charge in [0.1, 0.15) is 0 Å². The van der Waals surface area contributed by atoms with Crippen LogP contribution in [0.25, 0.3) is 16.9 Å². The molecular weight excluding hydrogens is 336 g/mol. The number of rotatable bonds is 6. The van der Waals surface area contributed by atoms with Crippen LogP contribution in [-0.4, -0.2) is 38.6 Å². The lowest BCUT2D eigenvalue weighted by atomic mass is 10.2. The molecule has 4 rings (SSSR count). The van der Waals surface area contributed by atoms with E-state index in [-0.39, 0.29) is 5.91 Å². The molecule has 0 atom stereocenters. The van der Waals surface area contributed by atoms with Gasteiger partial charge in [-0.1, -0.05) is 32.3 Å². The third-order valence-electron chi connectivity index (χ3n) is 5.70. The van der Waals surface area contributed by atoms with E-state index in [4.69, 9.17) is 0 Å². The largest absolute Gasteiger partial charge is 0.342 e. The fourth-order valence-corrected chi connectivity index (χ4v) is 4.18. The summed E-state index contributed by atoms with van der Waals surface area (Å²) in [6, 6.07) is 10.6. The summed E-state index contributed by atoms with van der Waals surface area (Å²) in [5.41, 5.74) is 3.86. The van der Waals surface area contributed by atoms with Crippen LogP contribution in [0.3, 0.4) is 0 Å². The molecule has 0 unspecified atom stereocenters. The highest BCUT2D eigenvalue weighted by molar-refractivity contribution is 6.02. The van der Waals surface area contributed by atoms with E-state index in [0.717, 1.165) is 41.9 Å². The summed E-state index contributed by atoms with van der Waals surface area (Å²) in [5, 5.41) is 4.62. The minimum atomic E-state index is 0.0883. The van der Waals surface area contributed by atoms with Crippen molar-refractivity contribution < 1.29 is 4.79 Å². The molecule has 1 saturated carbocycles. The molecule has 5 nitrogen and oxygen atoms in total. The molecule has 3 heterocycles. The lowest BCUT2D eigenvalue weighted by Gasteiger charge is -2.16. The lowest BCUT2D eigenvalue weighted by molar-refractivity contribution is 0.0795. The number of aromatic nitrogens is 3. The number of carbonyl (C=O) groups excluding carboxylic acids is 1. The molecule has 3 aromatic heterocycles. The van der Waals surface area contributed by atoms with Crippen molar-refractivity contribution in [1.82, 2.24) is 19.1 Å². The van der Waals surface area contributed by atoms with Crippen LogP contribution in [0.15, 0.2) is 42.7 Å². The van der Waals surface area contributed by atoms with E-state index in [2.05, 4.69) is 27.2 Å². The van der Waals surface area contributed by atoms with Crippen LogP contribution in [0, 0.1) is 0 Å². The van der Waals surface area contributed by atoms with Gasteiger partial charge in [0.15, 0.2) is 0 Å². The van der Waals surface area contributed by atoms with Gasteiger partial charge in [0.25, 0.3) is 5.91 Å². The maximum absolute atomic E-state index is 13.1. The second-order valence-electron chi connectivity index (χ2n) is 7.58. The Hall–Kier alpha value is -2.56. The summed E-state index contributed by atoms with van der Waals surface area (Å²) >= 11 is 0. The molecule has 1 aliphatic carbocycles. The van der Waals surface area contributed by atoms with Gasteiger partial charge in [-0.25, -0.2) is 0 Å². The number of hydrogen-bond acceptors (Lipinski definition) is 2. The first-order valence-electron chi connectivity index (χ1n) is 10.1. The number of fused-ring (bicyclic) bond motifs is 1. The Labute approximate surface area is 160 Å². The van der Waals surface area contributed by atoms with Gasteiger partial charge in [-0.15, -0.1) is 0 Å². The first-order chi connectivity index (χ1) is 13.2. The Morgan fingerprint density at radius 2 is 2.04 bits per heavy atom. The molecule has 0 radical (unpaired) electrons. The monoisotopic (exact) mass is 364 g/mol. The highest BCUT2D eigenvalue weighted by Crippen LogP contribution is 2.34. The standard InChI is InChI=1S/C22H28N4O/c1-3-4-14-24(2)22(27)18-16-21(25-15-8-7-11-19(18)25)20-12-13-23-26(20)17-9-5-6-10-17/h7-8,11-13,15-17H,3-6,9-10,14H2,1-2H3. The molecule has 3 aromatic rings.